The SMILES string of the molecule is Cc1c(Cl)cccc1N(CC(=O)NCCCSCc1cccc(Cl)c1)S(C)(=O)=O. The topological polar surface area (TPSA) is 66.5 Å². The highest BCUT2D eigenvalue weighted by Crippen LogP contribution is 2.28. The predicted molar refractivity (Wildman–Crippen MR) is 124 cm³/mol. The van der Waals surface area contributed by atoms with Crippen LogP contribution in [0.5, 0.6) is 0 Å². The Morgan fingerprint density at radius 1 is 1.17 bits per heavy atom. The summed E-state index contributed by atoms with van der Waals surface area (Å²) in [7, 11) is -3.63. The van der Waals surface area contributed by atoms with E-state index in [2.05, 4.69) is 5.32 Å². The van der Waals surface area contributed by atoms with Gasteiger partial charge >= 0.3 is 0 Å². The summed E-state index contributed by atoms with van der Waals surface area (Å²) in [4.78, 5) is 12.3. The molecule has 5 nitrogen and oxygen atoms in total. The number of carbonyl (C=O) groups excluding carboxylic acids is 1. The molecule has 1 N–H and O–H groups in total. The summed E-state index contributed by atoms with van der Waals surface area (Å²) in [5.74, 6) is 1.37. The molecule has 0 radical (unpaired) electrons. The van der Waals surface area contributed by atoms with Crippen LogP contribution in [-0.4, -0.2) is 39.4 Å². The third-order valence-corrected chi connectivity index (χ3v) is 7.03. The lowest BCUT2D eigenvalue weighted by Gasteiger charge is -2.24. The summed E-state index contributed by atoms with van der Waals surface area (Å²) in [6.45, 7) is 1.92. The number of sulfonamides is 1. The van der Waals surface area contributed by atoms with Gasteiger partial charge in [-0.15, -0.1) is 0 Å². The third-order valence-electron chi connectivity index (χ3n) is 4.14. The van der Waals surface area contributed by atoms with Gasteiger partial charge < -0.3 is 5.32 Å². The second-order valence-electron chi connectivity index (χ2n) is 6.54. The molecule has 1 amide bonds. The lowest BCUT2D eigenvalue weighted by molar-refractivity contribution is -0.119. The molecule has 2 rings (SSSR count). The molecule has 0 heterocycles. The number of thioether (sulfide) groups is 1. The van der Waals surface area contributed by atoms with Crippen molar-refractivity contribution in [2.24, 2.45) is 0 Å². The minimum atomic E-state index is -3.63. The molecule has 0 unspecified atom stereocenters. The van der Waals surface area contributed by atoms with Crippen LogP contribution in [-0.2, 0) is 20.6 Å². The molecule has 2 aromatic rings. The molecule has 9 heteroatoms. The van der Waals surface area contributed by atoms with Crippen molar-refractivity contribution in [1.82, 2.24) is 5.32 Å². The van der Waals surface area contributed by atoms with Gasteiger partial charge in [0.15, 0.2) is 0 Å². The van der Waals surface area contributed by atoms with Crippen LogP contribution in [0.25, 0.3) is 0 Å². The number of halogens is 2. The summed E-state index contributed by atoms with van der Waals surface area (Å²) in [5, 5.41) is 3.96. The average molecular weight is 475 g/mol. The number of hydrogen-bond donors (Lipinski definition) is 1. The summed E-state index contributed by atoms with van der Waals surface area (Å²) in [6.07, 6.45) is 1.86. The highest BCUT2D eigenvalue weighted by Gasteiger charge is 2.22. The number of benzene rings is 2. The summed E-state index contributed by atoms with van der Waals surface area (Å²) in [6, 6.07) is 12.7. The molecule has 0 fully saturated rings. The van der Waals surface area contributed by atoms with Crippen molar-refractivity contribution in [2.45, 2.75) is 19.1 Å². The zero-order chi connectivity index (χ0) is 21.4. The van der Waals surface area contributed by atoms with E-state index < -0.39 is 10.0 Å². The maximum absolute atomic E-state index is 12.3. The van der Waals surface area contributed by atoms with Gasteiger partial charge in [0.05, 0.1) is 11.9 Å². The van der Waals surface area contributed by atoms with E-state index >= 15 is 0 Å². The molecule has 0 aromatic heterocycles. The molecule has 0 aliphatic rings. The van der Waals surface area contributed by atoms with Gasteiger partial charge in [-0.25, -0.2) is 8.42 Å². The van der Waals surface area contributed by atoms with E-state index in [-0.39, 0.29) is 12.5 Å². The summed E-state index contributed by atoms with van der Waals surface area (Å²) < 4.78 is 25.5. The second-order valence-corrected chi connectivity index (χ2v) is 10.4. The molecule has 2 aromatic carbocycles. The van der Waals surface area contributed by atoms with Crippen LogP contribution in [0.2, 0.25) is 10.0 Å². The van der Waals surface area contributed by atoms with Gasteiger partial charge in [0.25, 0.3) is 0 Å². The first-order valence-electron chi connectivity index (χ1n) is 9.00. The van der Waals surface area contributed by atoms with Gasteiger partial charge in [0.1, 0.15) is 6.54 Å². The number of hydrogen-bond acceptors (Lipinski definition) is 4. The Kier molecular flexibility index (Phi) is 9.14. The normalized spacial score (nSPS) is 11.3. The first kappa shape index (κ1) is 23.9. The van der Waals surface area contributed by atoms with Crippen LogP contribution >= 0.6 is 35.0 Å². The highest BCUT2D eigenvalue weighted by molar-refractivity contribution is 7.98. The van der Waals surface area contributed by atoms with E-state index in [0.29, 0.717) is 22.8 Å². The zero-order valence-corrected chi connectivity index (χ0v) is 19.5. The van der Waals surface area contributed by atoms with Crippen LogP contribution in [0.15, 0.2) is 42.5 Å². The van der Waals surface area contributed by atoms with Gasteiger partial charge in [0.2, 0.25) is 15.9 Å². The van der Waals surface area contributed by atoms with Crippen LogP contribution in [0, 0.1) is 6.92 Å². The van der Waals surface area contributed by atoms with Gasteiger partial charge in [-0.3, -0.25) is 9.10 Å². The van der Waals surface area contributed by atoms with Gasteiger partial charge in [-0.05, 0) is 54.5 Å². The molecule has 0 spiro atoms. The monoisotopic (exact) mass is 474 g/mol. The van der Waals surface area contributed by atoms with Gasteiger partial charge in [-0.1, -0.05) is 41.4 Å². The number of carbonyl (C=O) groups is 1. The zero-order valence-electron chi connectivity index (χ0n) is 16.3. The number of rotatable bonds is 10. The van der Waals surface area contributed by atoms with Crippen LogP contribution < -0.4 is 9.62 Å². The maximum Gasteiger partial charge on any atom is 0.240 e. The molecular weight excluding hydrogens is 451 g/mol. The van der Waals surface area contributed by atoms with E-state index in [1.54, 1.807) is 36.9 Å². The molecule has 0 bridgehead atoms. The van der Waals surface area contributed by atoms with E-state index in [1.165, 1.54) is 0 Å². The standard InChI is InChI=1S/C20H24Cl2N2O3S2/c1-15-18(22)8-4-9-19(15)24(29(2,26)27)13-20(25)23-10-5-11-28-14-16-6-3-7-17(21)12-16/h3-4,6-9,12H,5,10-11,13-14H2,1-2H3,(H,23,25). The van der Waals surface area contributed by atoms with Gasteiger partial charge in [0, 0.05) is 22.3 Å². The molecule has 0 aliphatic carbocycles. The number of nitrogens with zero attached hydrogens (tertiary/aromatic N) is 1. The lowest BCUT2D eigenvalue weighted by Crippen LogP contribution is -2.41. The maximum atomic E-state index is 12.3. The Bertz CT molecular complexity index is 952. The van der Waals surface area contributed by atoms with E-state index in [1.807, 2.05) is 24.3 Å². The van der Waals surface area contributed by atoms with E-state index in [9.17, 15) is 13.2 Å². The fraction of sp³-hybridized carbons (Fsp3) is 0.350. The lowest BCUT2D eigenvalue weighted by atomic mass is 10.2. The fourth-order valence-electron chi connectivity index (χ4n) is 2.65. The minimum Gasteiger partial charge on any atom is -0.354 e. The smallest absolute Gasteiger partial charge is 0.240 e. The fourth-order valence-corrected chi connectivity index (χ4v) is 4.85. The van der Waals surface area contributed by atoms with Crippen molar-refractivity contribution in [3.63, 3.8) is 0 Å². The second kappa shape index (κ2) is 11.1. The molecular formula is C20H24Cl2N2O3S2. The van der Waals surface area contributed by atoms with Crippen molar-refractivity contribution in [1.29, 1.82) is 0 Å². The van der Waals surface area contributed by atoms with Crippen molar-refractivity contribution in [3.8, 4) is 0 Å². The Hall–Kier alpha value is -1.41. The highest BCUT2D eigenvalue weighted by atomic mass is 35.5. The molecule has 158 valence electrons. The Morgan fingerprint density at radius 2 is 1.90 bits per heavy atom. The number of nitrogens with one attached hydrogen (secondary N) is 1. The molecule has 0 saturated heterocycles. The Morgan fingerprint density at radius 3 is 2.59 bits per heavy atom. The van der Waals surface area contributed by atoms with Crippen molar-refractivity contribution < 1.29 is 13.2 Å². The minimum absolute atomic E-state index is 0.282. The number of anilines is 1. The largest absolute Gasteiger partial charge is 0.354 e. The van der Waals surface area contributed by atoms with E-state index in [4.69, 9.17) is 23.2 Å². The van der Waals surface area contributed by atoms with Crippen LogP contribution in [0.4, 0.5) is 5.69 Å². The van der Waals surface area contributed by atoms with Crippen LogP contribution in [0.3, 0.4) is 0 Å². The Balaban J connectivity index is 1.81. The van der Waals surface area contributed by atoms with Crippen molar-refractivity contribution >= 4 is 56.6 Å². The average Bonchev–Trinajstić information content (AvgIpc) is 2.64. The van der Waals surface area contributed by atoms with Crippen molar-refractivity contribution in [2.75, 3.05) is 29.4 Å². The summed E-state index contributed by atoms with van der Waals surface area (Å²) in [5.41, 5.74) is 2.18. The quantitative estimate of drug-likeness (QED) is 0.514. The first-order valence-corrected chi connectivity index (χ1v) is 12.8. The Labute approximate surface area is 186 Å². The van der Waals surface area contributed by atoms with Crippen molar-refractivity contribution in [3.05, 3.63) is 63.6 Å². The van der Waals surface area contributed by atoms with Crippen LogP contribution in [0.1, 0.15) is 17.5 Å². The molecule has 29 heavy (non-hydrogen) atoms. The first-order chi connectivity index (χ1) is 13.7. The molecule has 0 saturated carbocycles. The summed E-state index contributed by atoms with van der Waals surface area (Å²) >= 11 is 13.8. The number of amides is 1. The molecule has 0 atom stereocenters. The third kappa shape index (κ3) is 7.74. The molecule has 0 aliphatic heterocycles. The van der Waals surface area contributed by atoms with E-state index in [0.717, 1.165) is 39.1 Å². The predicted octanol–water partition coefficient (Wildman–Crippen LogP) is 4.51. The van der Waals surface area contributed by atoms with Gasteiger partial charge in [-0.2, -0.15) is 11.8 Å².